The zero-order chi connectivity index (χ0) is 49.2. The summed E-state index contributed by atoms with van der Waals surface area (Å²) in [4.78, 5) is 23.2. The summed E-state index contributed by atoms with van der Waals surface area (Å²) in [6.07, 6.45) is 70.4. The number of hydrogen-bond donors (Lipinski definition) is 3. The first-order chi connectivity index (χ1) is 32.5. The Morgan fingerprint density at radius 2 is 0.910 bits per heavy atom. The normalized spacial score (nSPS) is 14.9. The highest BCUT2D eigenvalue weighted by Crippen LogP contribution is 2.43. The molecular weight excluding hydrogens is 852 g/mol. The number of quaternary nitrogens is 1. The molecule has 0 aromatic rings. The van der Waals surface area contributed by atoms with E-state index in [0.717, 1.165) is 89.9 Å². The van der Waals surface area contributed by atoms with E-state index in [0.29, 0.717) is 17.4 Å². The summed E-state index contributed by atoms with van der Waals surface area (Å²) in [5.41, 5.74) is 0. The number of rotatable bonds is 47. The lowest BCUT2D eigenvalue weighted by Crippen LogP contribution is -2.45. The van der Waals surface area contributed by atoms with Gasteiger partial charge in [0.05, 0.1) is 39.9 Å². The fraction of sp³-hybridized carbons (Fsp3) is 0.672. The molecule has 0 aliphatic carbocycles. The van der Waals surface area contributed by atoms with Crippen molar-refractivity contribution in [2.24, 2.45) is 0 Å². The lowest BCUT2D eigenvalue weighted by Gasteiger charge is -2.25. The molecule has 0 saturated carbocycles. The Hall–Kier alpha value is -2.84. The van der Waals surface area contributed by atoms with Gasteiger partial charge in [-0.15, -0.1) is 0 Å². The van der Waals surface area contributed by atoms with Crippen molar-refractivity contribution in [3.63, 3.8) is 0 Å². The standard InChI is InChI=1S/C58H101N2O6P/c1-6-8-10-12-14-16-18-20-22-23-24-25-26-27-28-29-30-31-32-33-34-35-36-37-38-40-42-44-46-48-50-52-58(62)59-56(55-66-67(63,64)65-54-53-60(3,4)5)57(61)51-49-47-45-43-41-39-21-19-17-15-13-11-9-7-2/h8,10,14,16,20,22,24-25,27-28,30-31,33-34,41,43,49,51,56-57,61H,6-7,9,11-13,15,17-19,21,23,26,29,32,35-40,42,44-48,50,52-55H2,1-5H3,(H-,59,62,63,64)/p+1/b10-8-,16-14-,22-20-,25-24-,28-27-,31-30-,34-33-,43-41+,51-49+. The maximum absolute atomic E-state index is 12.9. The van der Waals surface area contributed by atoms with Gasteiger partial charge in [-0.25, -0.2) is 4.57 Å². The van der Waals surface area contributed by atoms with Gasteiger partial charge in [-0.2, -0.15) is 0 Å². The molecule has 9 heteroatoms. The number of hydrogen-bond acceptors (Lipinski definition) is 5. The average molecular weight is 954 g/mol. The number of phosphoric acid groups is 1. The lowest BCUT2D eigenvalue weighted by molar-refractivity contribution is -0.870. The van der Waals surface area contributed by atoms with E-state index in [1.807, 2.05) is 27.2 Å². The molecule has 3 N–H and O–H groups in total. The number of carbonyl (C=O) groups is 1. The van der Waals surface area contributed by atoms with Crippen molar-refractivity contribution in [1.29, 1.82) is 0 Å². The van der Waals surface area contributed by atoms with E-state index in [2.05, 4.69) is 116 Å². The van der Waals surface area contributed by atoms with Gasteiger partial charge in [0.25, 0.3) is 0 Å². The van der Waals surface area contributed by atoms with Crippen LogP contribution in [0.4, 0.5) is 0 Å². The zero-order valence-corrected chi connectivity index (χ0v) is 44.5. The minimum atomic E-state index is -4.36. The van der Waals surface area contributed by atoms with E-state index in [4.69, 9.17) is 9.05 Å². The fourth-order valence-electron chi connectivity index (χ4n) is 7.04. The molecule has 0 aliphatic heterocycles. The van der Waals surface area contributed by atoms with Crippen molar-refractivity contribution in [3.8, 4) is 0 Å². The van der Waals surface area contributed by atoms with Gasteiger partial charge < -0.3 is 19.8 Å². The molecule has 0 fully saturated rings. The summed E-state index contributed by atoms with van der Waals surface area (Å²) in [5, 5.41) is 13.8. The van der Waals surface area contributed by atoms with E-state index < -0.39 is 20.0 Å². The smallest absolute Gasteiger partial charge is 0.387 e. The second-order valence-corrected chi connectivity index (χ2v) is 20.3. The number of aliphatic hydroxyl groups is 1. The van der Waals surface area contributed by atoms with Crippen LogP contribution in [-0.2, 0) is 18.4 Å². The Bertz CT molecular complexity index is 1450. The fourth-order valence-corrected chi connectivity index (χ4v) is 7.77. The number of nitrogens with one attached hydrogen (secondary N) is 1. The number of phosphoric ester groups is 1. The second kappa shape index (κ2) is 48.2. The lowest BCUT2D eigenvalue weighted by atomic mass is 10.1. The Morgan fingerprint density at radius 3 is 1.37 bits per heavy atom. The number of likely N-dealkylation sites (N-methyl/N-ethyl adjacent to an activating group) is 1. The van der Waals surface area contributed by atoms with E-state index >= 15 is 0 Å². The van der Waals surface area contributed by atoms with Gasteiger partial charge in [-0.05, 0) is 89.9 Å². The highest BCUT2D eigenvalue weighted by Gasteiger charge is 2.27. The number of nitrogens with zero attached hydrogens (tertiary/aromatic N) is 1. The summed E-state index contributed by atoms with van der Waals surface area (Å²) in [5.74, 6) is -0.199. The molecule has 3 atom stereocenters. The van der Waals surface area contributed by atoms with Crippen molar-refractivity contribution in [2.45, 2.75) is 212 Å². The van der Waals surface area contributed by atoms with Gasteiger partial charge in [0.2, 0.25) is 5.91 Å². The van der Waals surface area contributed by atoms with Gasteiger partial charge in [0.1, 0.15) is 13.2 Å². The SMILES string of the molecule is CC/C=C\C/C=C\C/C=C\C/C=C\C/C=C\C/C=C\C/C=C\CCCCCCCCCCCC(=O)NC(COP(=O)(O)OCC[N+](C)(C)C)C(O)/C=C/CC/C=C/CCCCCCCCCC. The van der Waals surface area contributed by atoms with Crippen LogP contribution in [0.25, 0.3) is 0 Å². The van der Waals surface area contributed by atoms with Gasteiger partial charge in [0, 0.05) is 6.42 Å². The predicted molar refractivity (Wildman–Crippen MR) is 290 cm³/mol. The average Bonchev–Trinajstić information content (AvgIpc) is 3.29. The molecule has 0 aliphatic rings. The van der Waals surface area contributed by atoms with Crippen LogP contribution in [0.5, 0.6) is 0 Å². The van der Waals surface area contributed by atoms with Crippen molar-refractivity contribution < 1.29 is 32.9 Å². The Kier molecular flexibility index (Phi) is 46.2. The molecule has 0 aromatic heterocycles. The highest BCUT2D eigenvalue weighted by atomic mass is 31.2. The van der Waals surface area contributed by atoms with E-state index in [9.17, 15) is 19.4 Å². The Balaban J connectivity index is 4.25. The van der Waals surface area contributed by atoms with Crippen LogP contribution in [0, 0.1) is 0 Å². The Morgan fingerprint density at radius 1 is 0.522 bits per heavy atom. The van der Waals surface area contributed by atoms with Crippen LogP contribution >= 0.6 is 7.82 Å². The molecule has 0 saturated heterocycles. The first-order valence-corrected chi connectivity index (χ1v) is 28.3. The number of aliphatic hydroxyl groups excluding tert-OH is 1. The molecule has 3 unspecified atom stereocenters. The van der Waals surface area contributed by atoms with Gasteiger partial charge in [-0.3, -0.25) is 13.8 Å². The summed E-state index contributed by atoms with van der Waals surface area (Å²) in [6, 6.07) is -0.873. The van der Waals surface area contributed by atoms with Crippen LogP contribution < -0.4 is 5.32 Å². The van der Waals surface area contributed by atoms with E-state index in [-0.39, 0.29) is 19.1 Å². The van der Waals surface area contributed by atoms with Crippen LogP contribution in [0.2, 0.25) is 0 Å². The molecule has 0 rings (SSSR count). The van der Waals surface area contributed by atoms with Gasteiger partial charge >= 0.3 is 7.82 Å². The molecule has 1 amide bonds. The molecular formula is C58H102N2O6P+. The first-order valence-electron chi connectivity index (χ1n) is 26.8. The number of amides is 1. The minimum absolute atomic E-state index is 0.0494. The highest BCUT2D eigenvalue weighted by molar-refractivity contribution is 7.47. The summed E-state index contributed by atoms with van der Waals surface area (Å²) >= 11 is 0. The largest absolute Gasteiger partial charge is 0.472 e. The van der Waals surface area contributed by atoms with Crippen molar-refractivity contribution >= 4 is 13.7 Å². The maximum atomic E-state index is 12.9. The molecule has 0 spiro atoms. The quantitative estimate of drug-likeness (QED) is 0.0243. The zero-order valence-electron chi connectivity index (χ0n) is 43.6. The maximum Gasteiger partial charge on any atom is 0.472 e. The number of carbonyl (C=O) groups excluding carboxylic acids is 1. The molecule has 384 valence electrons. The third-order valence-electron chi connectivity index (χ3n) is 11.2. The number of unbranched alkanes of at least 4 members (excludes halogenated alkanes) is 18. The third-order valence-corrected chi connectivity index (χ3v) is 12.2. The Labute approximate surface area is 412 Å². The monoisotopic (exact) mass is 954 g/mol. The van der Waals surface area contributed by atoms with Crippen molar-refractivity contribution in [2.75, 3.05) is 40.9 Å². The molecule has 0 aromatic carbocycles. The van der Waals surface area contributed by atoms with E-state index in [1.165, 1.54) is 89.9 Å². The van der Waals surface area contributed by atoms with Crippen LogP contribution in [-0.4, -0.2) is 73.4 Å². The first kappa shape index (κ1) is 64.2. The van der Waals surface area contributed by atoms with Crippen molar-refractivity contribution in [1.82, 2.24) is 5.32 Å². The summed E-state index contributed by atoms with van der Waals surface area (Å²) < 4.78 is 23.6. The molecule has 67 heavy (non-hydrogen) atoms. The topological polar surface area (TPSA) is 105 Å². The third kappa shape index (κ3) is 50.9. The van der Waals surface area contributed by atoms with Crippen molar-refractivity contribution in [3.05, 3.63) is 109 Å². The second-order valence-electron chi connectivity index (χ2n) is 18.9. The molecule has 0 radical (unpaired) electrons. The number of allylic oxidation sites excluding steroid dienone is 17. The van der Waals surface area contributed by atoms with Crippen LogP contribution in [0.15, 0.2) is 109 Å². The summed E-state index contributed by atoms with van der Waals surface area (Å²) in [7, 11) is 1.53. The summed E-state index contributed by atoms with van der Waals surface area (Å²) in [6.45, 7) is 4.65. The molecule has 0 heterocycles. The molecule has 0 bridgehead atoms. The molecule has 8 nitrogen and oxygen atoms in total. The van der Waals surface area contributed by atoms with Crippen LogP contribution in [0.3, 0.4) is 0 Å². The van der Waals surface area contributed by atoms with Gasteiger partial charge in [-0.1, -0.05) is 213 Å². The minimum Gasteiger partial charge on any atom is -0.387 e. The van der Waals surface area contributed by atoms with Crippen LogP contribution in [0.1, 0.15) is 200 Å². The van der Waals surface area contributed by atoms with Gasteiger partial charge in [0.15, 0.2) is 0 Å². The van der Waals surface area contributed by atoms with E-state index in [1.54, 1.807) is 6.08 Å². The predicted octanol–water partition coefficient (Wildman–Crippen LogP) is 16.0.